The van der Waals surface area contributed by atoms with Crippen molar-refractivity contribution >= 4 is 0 Å². The molecule has 0 saturated heterocycles. The van der Waals surface area contributed by atoms with Crippen molar-refractivity contribution in [3.05, 3.63) is 48.6 Å². The van der Waals surface area contributed by atoms with Gasteiger partial charge in [0.25, 0.3) is 0 Å². The third-order valence-electron chi connectivity index (χ3n) is 8.03. The van der Waals surface area contributed by atoms with Gasteiger partial charge in [0.1, 0.15) is 0 Å². The van der Waals surface area contributed by atoms with E-state index in [1.807, 2.05) is 0 Å². The fourth-order valence-electron chi connectivity index (χ4n) is 5.25. The molecule has 0 amide bonds. The number of nitrogens with zero attached hydrogens (tertiary/aromatic N) is 1. The first-order valence-electron chi connectivity index (χ1n) is 18.3. The summed E-state index contributed by atoms with van der Waals surface area (Å²) in [5.74, 6) is 0. The molecular formula is C39H74N2. The molecule has 0 radical (unpaired) electrons. The summed E-state index contributed by atoms with van der Waals surface area (Å²) < 4.78 is 0. The van der Waals surface area contributed by atoms with Gasteiger partial charge in [-0.15, -0.1) is 0 Å². The molecule has 0 saturated carbocycles. The fourth-order valence-corrected chi connectivity index (χ4v) is 5.25. The summed E-state index contributed by atoms with van der Waals surface area (Å²) in [5.41, 5.74) is 0. The monoisotopic (exact) mass is 571 g/mol. The minimum atomic E-state index is 1.12. The van der Waals surface area contributed by atoms with Gasteiger partial charge < -0.3 is 10.2 Å². The first kappa shape index (κ1) is 39.9. The highest BCUT2D eigenvalue weighted by Crippen LogP contribution is 2.11. The predicted octanol–water partition coefficient (Wildman–Crippen LogP) is 12.1. The molecule has 0 fully saturated rings. The van der Waals surface area contributed by atoms with Crippen LogP contribution in [0.2, 0.25) is 0 Å². The number of hydrogen-bond donors (Lipinski definition) is 1. The van der Waals surface area contributed by atoms with Crippen LogP contribution < -0.4 is 5.32 Å². The SMILES string of the molecule is CCCCC/C=C\C/C=C\CCCCCCCCN(CCCCCCCC/C=C\C/C=C\CCCCC)CCNC. The minimum Gasteiger partial charge on any atom is -0.318 e. The second-order valence-corrected chi connectivity index (χ2v) is 12.1. The maximum absolute atomic E-state index is 3.35. The molecule has 0 heterocycles. The molecule has 2 nitrogen and oxygen atoms in total. The topological polar surface area (TPSA) is 15.3 Å². The number of unbranched alkanes of at least 4 members (excludes halogenated alkanes) is 18. The summed E-state index contributed by atoms with van der Waals surface area (Å²) in [7, 11) is 2.08. The molecule has 0 unspecified atom stereocenters. The first-order valence-corrected chi connectivity index (χ1v) is 18.3. The van der Waals surface area contributed by atoms with Crippen molar-refractivity contribution < 1.29 is 0 Å². The Morgan fingerprint density at radius 3 is 1.10 bits per heavy atom. The molecule has 41 heavy (non-hydrogen) atoms. The number of rotatable bonds is 33. The van der Waals surface area contributed by atoms with Crippen LogP contribution in [-0.4, -0.2) is 38.1 Å². The van der Waals surface area contributed by atoms with E-state index in [2.05, 4.69) is 79.7 Å². The van der Waals surface area contributed by atoms with Gasteiger partial charge in [0.15, 0.2) is 0 Å². The Bertz CT molecular complexity index is 540. The van der Waals surface area contributed by atoms with Crippen molar-refractivity contribution in [3.63, 3.8) is 0 Å². The molecule has 240 valence electrons. The van der Waals surface area contributed by atoms with Crippen molar-refractivity contribution in [2.24, 2.45) is 0 Å². The molecule has 0 aliphatic heterocycles. The lowest BCUT2D eigenvalue weighted by Gasteiger charge is -2.22. The van der Waals surface area contributed by atoms with E-state index in [-0.39, 0.29) is 0 Å². The Balaban J connectivity index is 3.60. The van der Waals surface area contributed by atoms with Crippen molar-refractivity contribution in [1.29, 1.82) is 0 Å². The summed E-state index contributed by atoms with van der Waals surface area (Å²) in [6, 6.07) is 0. The van der Waals surface area contributed by atoms with Crippen molar-refractivity contribution in [1.82, 2.24) is 10.2 Å². The lowest BCUT2D eigenvalue weighted by molar-refractivity contribution is 0.262. The quantitative estimate of drug-likeness (QED) is 0.0623. The van der Waals surface area contributed by atoms with Crippen LogP contribution in [-0.2, 0) is 0 Å². The van der Waals surface area contributed by atoms with Gasteiger partial charge in [0.2, 0.25) is 0 Å². The van der Waals surface area contributed by atoms with Crippen LogP contribution in [0.15, 0.2) is 48.6 Å². The zero-order valence-corrected chi connectivity index (χ0v) is 28.4. The van der Waals surface area contributed by atoms with Gasteiger partial charge in [0.05, 0.1) is 0 Å². The summed E-state index contributed by atoms with van der Waals surface area (Å²) in [5, 5.41) is 3.35. The second-order valence-electron chi connectivity index (χ2n) is 12.1. The first-order chi connectivity index (χ1) is 20.3. The van der Waals surface area contributed by atoms with E-state index < -0.39 is 0 Å². The smallest absolute Gasteiger partial charge is 0.0107 e. The molecular weight excluding hydrogens is 496 g/mol. The number of hydrogen-bond acceptors (Lipinski definition) is 2. The molecule has 1 N–H and O–H groups in total. The van der Waals surface area contributed by atoms with E-state index in [0.717, 1.165) is 19.4 Å². The van der Waals surface area contributed by atoms with Crippen LogP contribution in [0, 0.1) is 0 Å². The van der Waals surface area contributed by atoms with E-state index in [0.29, 0.717) is 0 Å². The minimum absolute atomic E-state index is 1.12. The van der Waals surface area contributed by atoms with Gasteiger partial charge in [-0.2, -0.15) is 0 Å². The number of allylic oxidation sites excluding steroid dienone is 8. The van der Waals surface area contributed by atoms with E-state index in [9.17, 15) is 0 Å². The van der Waals surface area contributed by atoms with Crippen LogP contribution >= 0.6 is 0 Å². The summed E-state index contributed by atoms with van der Waals surface area (Å²) in [4.78, 5) is 2.71. The average molecular weight is 571 g/mol. The van der Waals surface area contributed by atoms with Gasteiger partial charge in [-0.05, 0) is 97.2 Å². The summed E-state index contributed by atoms with van der Waals surface area (Å²) in [6.07, 6.45) is 50.9. The largest absolute Gasteiger partial charge is 0.318 e. The lowest BCUT2D eigenvalue weighted by Crippen LogP contribution is -2.32. The van der Waals surface area contributed by atoms with Crippen molar-refractivity contribution in [2.75, 3.05) is 33.2 Å². The maximum Gasteiger partial charge on any atom is 0.0107 e. The average Bonchev–Trinajstić information content (AvgIpc) is 2.98. The van der Waals surface area contributed by atoms with Crippen molar-refractivity contribution in [2.45, 2.75) is 168 Å². The Morgan fingerprint density at radius 2 is 0.732 bits per heavy atom. The molecule has 0 aliphatic carbocycles. The molecule has 0 aromatic rings. The standard InChI is InChI=1S/C39H74N2/c1-4-6-8-10-12-14-16-18-20-22-24-26-28-30-32-34-37-41(39-36-40-3)38-35-33-31-29-27-25-23-21-19-17-15-13-11-9-7-5-2/h12-15,18-21,40H,4-11,16-17,22-39H2,1-3H3/b14-12-,15-13-,20-18-,21-19-. The molecule has 0 aliphatic rings. The van der Waals surface area contributed by atoms with Gasteiger partial charge in [-0.25, -0.2) is 0 Å². The summed E-state index contributed by atoms with van der Waals surface area (Å²) >= 11 is 0. The van der Waals surface area contributed by atoms with Gasteiger partial charge >= 0.3 is 0 Å². The van der Waals surface area contributed by atoms with E-state index in [4.69, 9.17) is 0 Å². The van der Waals surface area contributed by atoms with Crippen LogP contribution in [0.1, 0.15) is 168 Å². The second kappa shape index (κ2) is 36.9. The zero-order valence-electron chi connectivity index (χ0n) is 28.4. The normalized spacial score (nSPS) is 12.5. The maximum atomic E-state index is 3.35. The van der Waals surface area contributed by atoms with Crippen molar-refractivity contribution in [3.8, 4) is 0 Å². The Morgan fingerprint density at radius 1 is 0.390 bits per heavy atom. The zero-order chi connectivity index (χ0) is 29.7. The fraction of sp³-hybridized carbons (Fsp3) is 0.795. The van der Waals surface area contributed by atoms with Gasteiger partial charge in [0, 0.05) is 13.1 Å². The predicted molar refractivity (Wildman–Crippen MR) is 189 cm³/mol. The molecule has 0 atom stereocenters. The number of likely N-dealkylation sites (N-methyl/N-ethyl adjacent to an activating group) is 1. The van der Waals surface area contributed by atoms with E-state index in [1.54, 1.807) is 0 Å². The third-order valence-corrected chi connectivity index (χ3v) is 8.03. The number of nitrogens with one attached hydrogen (secondary N) is 1. The lowest BCUT2D eigenvalue weighted by atomic mass is 10.1. The Hall–Kier alpha value is -1.12. The highest BCUT2D eigenvalue weighted by atomic mass is 15.1. The molecule has 0 spiro atoms. The third kappa shape index (κ3) is 35.0. The Labute approximate surface area is 259 Å². The summed E-state index contributed by atoms with van der Waals surface area (Å²) in [6.45, 7) is 9.44. The van der Waals surface area contributed by atoms with Crippen LogP contribution in [0.5, 0.6) is 0 Å². The molecule has 2 heteroatoms. The van der Waals surface area contributed by atoms with Gasteiger partial charge in [-0.1, -0.05) is 140 Å². The molecule has 0 aromatic heterocycles. The van der Waals surface area contributed by atoms with Gasteiger partial charge in [-0.3, -0.25) is 0 Å². The van der Waals surface area contributed by atoms with Crippen LogP contribution in [0.4, 0.5) is 0 Å². The Kier molecular flexibility index (Phi) is 35.9. The van der Waals surface area contributed by atoms with E-state index in [1.165, 1.54) is 161 Å². The highest BCUT2D eigenvalue weighted by molar-refractivity contribution is 4.93. The molecule has 0 rings (SSSR count). The van der Waals surface area contributed by atoms with Crippen LogP contribution in [0.3, 0.4) is 0 Å². The van der Waals surface area contributed by atoms with E-state index >= 15 is 0 Å². The molecule has 0 bridgehead atoms. The van der Waals surface area contributed by atoms with Crippen LogP contribution in [0.25, 0.3) is 0 Å². The highest BCUT2D eigenvalue weighted by Gasteiger charge is 2.04. The molecule has 0 aromatic carbocycles.